The van der Waals surface area contributed by atoms with Gasteiger partial charge in [-0.05, 0) is 25.3 Å². The number of carbonyl (C=O) groups is 1. The van der Waals surface area contributed by atoms with Crippen molar-refractivity contribution < 1.29 is 4.79 Å². The molecule has 0 unspecified atom stereocenters. The van der Waals surface area contributed by atoms with Gasteiger partial charge in [-0.25, -0.2) is 0 Å². The molecule has 18 heavy (non-hydrogen) atoms. The molecule has 1 heterocycles. The molecular weight excluding hydrogens is 244 g/mol. The molecule has 0 bridgehead atoms. The van der Waals surface area contributed by atoms with Gasteiger partial charge in [0.15, 0.2) is 0 Å². The lowest BCUT2D eigenvalue weighted by molar-refractivity contribution is -0.116. The number of unbranched alkanes of at least 4 members (excludes halogenated alkanes) is 2. The van der Waals surface area contributed by atoms with Crippen LogP contribution in [0.15, 0.2) is 0 Å². The van der Waals surface area contributed by atoms with Gasteiger partial charge in [-0.2, -0.15) is 5.26 Å². The topological polar surface area (TPSA) is 52.9 Å². The molecule has 0 aliphatic rings. The molecule has 0 aromatic carbocycles. The lowest BCUT2D eigenvalue weighted by Gasteiger charge is -2.03. The molecule has 0 aliphatic carbocycles. The van der Waals surface area contributed by atoms with Gasteiger partial charge in [0.05, 0.1) is 5.56 Å². The summed E-state index contributed by atoms with van der Waals surface area (Å²) in [5, 5.41) is 12.8. The van der Waals surface area contributed by atoms with Crippen molar-refractivity contribution in [2.75, 3.05) is 5.32 Å². The third kappa shape index (κ3) is 3.58. The number of anilines is 1. The number of rotatable bonds is 6. The molecule has 3 nitrogen and oxygen atoms in total. The number of amides is 1. The fourth-order valence-electron chi connectivity index (χ4n) is 1.94. The van der Waals surface area contributed by atoms with Gasteiger partial charge >= 0.3 is 0 Å². The van der Waals surface area contributed by atoms with Gasteiger partial charge in [0.1, 0.15) is 11.1 Å². The standard InChI is InChI=1S/C14H20N2OS/c1-4-6-7-8-13(17)16-14-12(9-15)11(5-2)10(3)18-14/h4-8H2,1-3H3,(H,16,17). The SMILES string of the molecule is CCCCCC(=O)Nc1sc(C)c(CC)c1C#N. The third-order valence-corrected chi connectivity index (χ3v) is 4.00. The van der Waals surface area contributed by atoms with Crippen LogP contribution in [0.5, 0.6) is 0 Å². The van der Waals surface area contributed by atoms with Gasteiger partial charge in [-0.1, -0.05) is 26.7 Å². The van der Waals surface area contributed by atoms with E-state index in [-0.39, 0.29) is 5.91 Å². The maximum atomic E-state index is 11.8. The first-order valence-corrected chi connectivity index (χ1v) is 7.27. The van der Waals surface area contributed by atoms with E-state index in [4.69, 9.17) is 0 Å². The van der Waals surface area contributed by atoms with E-state index in [9.17, 15) is 10.1 Å². The summed E-state index contributed by atoms with van der Waals surface area (Å²) in [6, 6.07) is 2.20. The molecular formula is C14H20N2OS. The Bertz CT molecular complexity index is 457. The first-order chi connectivity index (χ1) is 8.63. The van der Waals surface area contributed by atoms with E-state index >= 15 is 0 Å². The second kappa shape index (κ2) is 7.17. The number of nitrogens with one attached hydrogen (secondary N) is 1. The summed E-state index contributed by atoms with van der Waals surface area (Å²) in [5.41, 5.74) is 1.70. The summed E-state index contributed by atoms with van der Waals surface area (Å²) in [5.74, 6) is 0.0175. The van der Waals surface area contributed by atoms with E-state index in [1.165, 1.54) is 11.3 Å². The van der Waals surface area contributed by atoms with E-state index in [0.29, 0.717) is 17.0 Å². The lowest BCUT2D eigenvalue weighted by atomic mass is 10.1. The molecule has 98 valence electrons. The minimum Gasteiger partial charge on any atom is -0.317 e. The van der Waals surface area contributed by atoms with Crippen LogP contribution in [0.25, 0.3) is 0 Å². The van der Waals surface area contributed by atoms with Crippen molar-refractivity contribution in [1.82, 2.24) is 0 Å². The second-order valence-corrected chi connectivity index (χ2v) is 5.54. The van der Waals surface area contributed by atoms with Gasteiger partial charge < -0.3 is 5.32 Å². The van der Waals surface area contributed by atoms with E-state index in [1.807, 2.05) is 13.8 Å². The maximum Gasteiger partial charge on any atom is 0.225 e. The summed E-state index contributed by atoms with van der Waals surface area (Å²) in [6.07, 6.45) is 4.46. The fraction of sp³-hybridized carbons (Fsp3) is 0.571. The van der Waals surface area contributed by atoms with E-state index < -0.39 is 0 Å². The van der Waals surface area contributed by atoms with Gasteiger partial charge in [0.25, 0.3) is 0 Å². The molecule has 1 rings (SSSR count). The van der Waals surface area contributed by atoms with Crippen molar-refractivity contribution in [2.24, 2.45) is 0 Å². The third-order valence-electron chi connectivity index (χ3n) is 2.93. The fourth-order valence-corrected chi connectivity index (χ4v) is 3.05. The highest BCUT2D eigenvalue weighted by atomic mass is 32.1. The van der Waals surface area contributed by atoms with Crippen LogP contribution in [0.1, 0.15) is 55.5 Å². The highest BCUT2D eigenvalue weighted by Crippen LogP contribution is 2.32. The molecule has 0 saturated carbocycles. The van der Waals surface area contributed by atoms with Crippen molar-refractivity contribution in [1.29, 1.82) is 5.26 Å². The molecule has 1 amide bonds. The zero-order valence-electron chi connectivity index (χ0n) is 11.3. The van der Waals surface area contributed by atoms with Gasteiger partial charge in [-0.15, -0.1) is 11.3 Å². The Morgan fingerprint density at radius 3 is 2.67 bits per heavy atom. The minimum absolute atomic E-state index is 0.0175. The van der Waals surface area contributed by atoms with Crippen LogP contribution in [-0.4, -0.2) is 5.91 Å². The number of carbonyl (C=O) groups excluding carboxylic acids is 1. The van der Waals surface area contributed by atoms with Gasteiger partial charge in [0.2, 0.25) is 5.91 Å². The minimum atomic E-state index is 0.0175. The van der Waals surface area contributed by atoms with Crippen molar-refractivity contribution >= 4 is 22.2 Å². The summed E-state index contributed by atoms with van der Waals surface area (Å²) >= 11 is 1.50. The van der Waals surface area contributed by atoms with E-state index in [2.05, 4.69) is 18.3 Å². The number of hydrogen-bond acceptors (Lipinski definition) is 3. The largest absolute Gasteiger partial charge is 0.317 e. The van der Waals surface area contributed by atoms with Crippen LogP contribution in [0.3, 0.4) is 0 Å². The van der Waals surface area contributed by atoms with Gasteiger partial charge in [-0.3, -0.25) is 4.79 Å². The van der Waals surface area contributed by atoms with Crippen LogP contribution >= 0.6 is 11.3 Å². The highest BCUT2D eigenvalue weighted by Gasteiger charge is 2.15. The Hall–Kier alpha value is -1.34. The predicted molar refractivity (Wildman–Crippen MR) is 75.9 cm³/mol. The first-order valence-electron chi connectivity index (χ1n) is 6.46. The zero-order valence-corrected chi connectivity index (χ0v) is 12.1. The Kier molecular flexibility index (Phi) is 5.87. The Morgan fingerprint density at radius 2 is 2.11 bits per heavy atom. The molecule has 0 fully saturated rings. The van der Waals surface area contributed by atoms with E-state index in [0.717, 1.165) is 36.1 Å². The molecule has 0 radical (unpaired) electrons. The molecule has 0 spiro atoms. The number of hydrogen-bond donors (Lipinski definition) is 1. The first kappa shape index (κ1) is 14.7. The number of nitriles is 1. The average Bonchev–Trinajstić information content (AvgIpc) is 2.64. The number of nitrogens with zero attached hydrogens (tertiary/aromatic N) is 1. The highest BCUT2D eigenvalue weighted by molar-refractivity contribution is 7.16. The van der Waals surface area contributed by atoms with Crippen molar-refractivity contribution in [2.45, 2.75) is 52.9 Å². The quantitative estimate of drug-likeness (QED) is 0.789. The Balaban J connectivity index is 2.73. The lowest BCUT2D eigenvalue weighted by Crippen LogP contribution is -2.10. The average molecular weight is 264 g/mol. The summed E-state index contributed by atoms with van der Waals surface area (Å²) in [6.45, 7) is 6.14. The summed E-state index contributed by atoms with van der Waals surface area (Å²) < 4.78 is 0. The Labute approximate surface area is 113 Å². The van der Waals surface area contributed by atoms with Gasteiger partial charge in [0, 0.05) is 11.3 Å². The van der Waals surface area contributed by atoms with E-state index in [1.54, 1.807) is 0 Å². The molecule has 0 aliphatic heterocycles. The summed E-state index contributed by atoms with van der Waals surface area (Å²) in [4.78, 5) is 12.9. The van der Waals surface area contributed by atoms with Crippen molar-refractivity contribution in [3.8, 4) is 6.07 Å². The van der Waals surface area contributed by atoms with Crippen LogP contribution in [0, 0.1) is 18.3 Å². The molecule has 1 aromatic heterocycles. The predicted octanol–water partition coefficient (Wildman–Crippen LogP) is 4.01. The van der Waals surface area contributed by atoms with Crippen LogP contribution in [-0.2, 0) is 11.2 Å². The van der Waals surface area contributed by atoms with Crippen LogP contribution in [0.4, 0.5) is 5.00 Å². The normalized spacial score (nSPS) is 10.1. The second-order valence-electron chi connectivity index (χ2n) is 4.31. The smallest absolute Gasteiger partial charge is 0.225 e. The molecule has 1 N–H and O–H groups in total. The van der Waals surface area contributed by atoms with Crippen molar-refractivity contribution in [3.63, 3.8) is 0 Å². The molecule has 1 aromatic rings. The van der Waals surface area contributed by atoms with Crippen LogP contribution in [0.2, 0.25) is 0 Å². The maximum absolute atomic E-state index is 11.8. The molecule has 0 atom stereocenters. The number of aryl methyl sites for hydroxylation is 1. The Morgan fingerprint density at radius 1 is 1.39 bits per heavy atom. The molecule has 4 heteroatoms. The van der Waals surface area contributed by atoms with Crippen LogP contribution < -0.4 is 5.32 Å². The number of thiophene rings is 1. The molecule has 0 saturated heterocycles. The zero-order chi connectivity index (χ0) is 13.5. The summed E-state index contributed by atoms with van der Waals surface area (Å²) in [7, 11) is 0. The van der Waals surface area contributed by atoms with Crippen molar-refractivity contribution in [3.05, 3.63) is 16.0 Å². The monoisotopic (exact) mass is 264 g/mol.